The fourth-order valence-electron chi connectivity index (χ4n) is 0.483. The van der Waals surface area contributed by atoms with E-state index in [-0.39, 0.29) is 5.41 Å². The Kier molecular flexibility index (Phi) is 3.01. The van der Waals surface area contributed by atoms with Gasteiger partial charge < -0.3 is 4.79 Å². The molecule has 0 heterocycles. The van der Waals surface area contributed by atoms with E-state index in [1.165, 1.54) is 0 Å². The molecule has 0 rings (SSSR count). The van der Waals surface area contributed by atoms with Crippen LogP contribution in [-0.2, 0) is 4.79 Å². The molecule has 1 nitrogen and oxygen atoms in total. The van der Waals surface area contributed by atoms with Gasteiger partial charge in [0, 0.05) is 11.8 Å². The molecule has 0 aromatic rings. The van der Waals surface area contributed by atoms with Crippen molar-refractivity contribution in [3.8, 4) is 12.3 Å². The Hall–Kier alpha value is -0.770. The molecule has 0 aromatic carbocycles. The third-order valence-corrected chi connectivity index (χ3v) is 1.60. The number of hydrogen-bond donors (Lipinski definition) is 0. The van der Waals surface area contributed by atoms with Crippen LogP contribution in [0.2, 0.25) is 0 Å². The van der Waals surface area contributed by atoms with Crippen molar-refractivity contribution in [1.29, 1.82) is 0 Å². The minimum Gasteiger partial charge on any atom is -0.303 e. The zero-order valence-electron chi connectivity index (χ0n) is 5.98. The van der Waals surface area contributed by atoms with Gasteiger partial charge in [-0.05, 0) is 6.42 Å². The Morgan fingerprint density at radius 3 is 2.44 bits per heavy atom. The highest BCUT2D eigenvalue weighted by molar-refractivity contribution is 5.59. The highest BCUT2D eigenvalue weighted by atomic mass is 16.1. The minimum absolute atomic E-state index is 0.283. The second kappa shape index (κ2) is 3.29. The van der Waals surface area contributed by atoms with Gasteiger partial charge in [0.15, 0.2) is 0 Å². The van der Waals surface area contributed by atoms with Crippen molar-refractivity contribution in [2.24, 2.45) is 5.41 Å². The third-order valence-electron chi connectivity index (χ3n) is 1.60. The van der Waals surface area contributed by atoms with Crippen molar-refractivity contribution < 1.29 is 4.79 Å². The number of terminal acetylenes is 1. The molecule has 0 fully saturated rings. The molecule has 1 atom stereocenters. The molecule has 0 spiro atoms. The molecule has 1 unspecified atom stereocenters. The van der Waals surface area contributed by atoms with E-state index in [2.05, 4.69) is 5.92 Å². The van der Waals surface area contributed by atoms with Gasteiger partial charge in [0.05, 0.1) is 0 Å². The molecule has 0 N–H and O–H groups in total. The summed E-state index contributed by atoms with van der Waals surface area (Å²) in [7, 11) is 0. The predicted molar refractivity (Wildman–Crippen MR) is 37.9 cm³/mol. The monoisotopic (exact) mass is 124 g/mol. The minimum atomic E-state index is -0.283. The SMILES string of the molecule is C#CCC(C)(C=O)CC. The van der Waals surface area contributed by atoms with Gasteiger partial charge >= 0.3 is 0 Å². The van der Waals surface area contributed by atoms with E-state index in [1.807, 2.05) is 13.8 Å². The van der Waals surface area contributed by atoms with Gasteiger partial charge in [-0.1, -0.05) is 13.8 Å². The standard InChI is InChI=1S/C8H12O/c1-4-6-8(3,5-2)7-9/h1,7H,5-6H2,2-3H3. The first-order valence-corrected chi connectivity index (χ1v) is 3.08. The predicted octanol–water partition coefficient (Wildman–Crippen LogP) is 1.62. The van der Waals surface area contributed by atoms with E-state index in [0.29, 0.717) is 6.42 Å². The summed E-state index contributed by atoms with van der Waals surface area (Å²) in [5, 5.41) is 0. The van der Waals surface area contributed by atoms with Crippen molar-refractivity contribution in [2.75, 3.05) is 0 Å². The highest BCUT2D eigenvalue weighted by Gasteiger charge is 2.18. The van der Waals surface area contributed by atoms with Gasteiger partial charge in [0.2, 0.25) is 0 Å². The van der Waals surface area contributed by atoms with Crippen LogP contribution in [0.4, 0.5) is 0 Å². The lowest BCUT2D eigenvalue weighted by Crippen LogP contribution is -2.15. The zero-order valence-corrected chi connectivity index (χ0v) is 5.98. The summed E-state index contributed by atoms with van der Waals surface area (Å²) in [6.45, 7) is 3.84. The van der Waals surface area contributed by atoms with Crippen LogP contribution in [-0.4, -0.2) is 6.29 Å². The molecule has 0 radical (unpaired) electrons. The summed E-state index contributed by atoms with van der Waals surface area (Å²) in [5.74, 6) is 2.48. The maximum atomic E-state index is 10.4. The summed E-state index contributed by atoms with van der Waals surface area (Å²) in [6, 6.07) is 0. The summed E-state index contributed by atoms with van der Waals surface area (Å²) in [6.07, 6.45) is 7.36. The lowest BCUT2D eigenvalue weighted by atomic mass is 9.86. The van der Waals surface area contributed by atoms with Gasteiger partial charge in [-0.3, -0.25) is 0 Å². The molecule has 0 aliphatic rings. The molecular weight excluding hydrogens is 112 g/mol. The first-order valence-electron chi connectivity index (χ1n) is 3.08. The second-order valence-electron chi connectivity index (χ2n) is 2.51. The zero-order chi connectivity index (χ0) is 7.33. The normalized spacial score (nSPS) is 15.7. The van der Waals surface area contributed by atoms with Gasteiger partial charge in [-0.15, -0.1) is 12.3 Å². The first-order chi connectivity index (χ1) is 4.18. The van der Waals surface area contributed by atoms with Gasteiger partial charge in [0.1, 0.15) is 6.29 Å². The molecular formula is C8H12O. The van der Waals surface area contributed by atoms with Crippen LogP contribution in [0.5, 0.6) is 0 Å². The largest absolute Gasteiger partial charge is 0.303 e. The topological polar surface area (TPSA) is 17.1 Å². The van der Waals surface area contributed by atoms with E-state index < -0.39 is 0 Å². The van der Waals surface area contributed by atoms with Crippen LogP contribution in [0, 0.1) is 17.8 Å². The Balaban J connectivity index is 3.95. The van der Waals surface area contributed by atoms with Gasteiger partial charge in [-0.25, -0.2) is 0 Å². The smallest absolute Gasteiger partial charge is 0.126 e. The van der Waals surface area contributed by atoms with Crippen LogP contribution in [0.25, 0.3) is 0 Å². The van der Waals surface area contributed by atoms with Crippen LogP contribution >= 0.6 is 0 Å². The average Bonchev–Trinajstić information content (AvgIpc) is 1.89. The maximum Gasteiger partial charge on any atom is 0.126 e. The summed E-state index contributed by atoms with van der Waals surface area (Å²) < 4.78 is 0. The Morgan fingerprint density at radius 1 is 1.78 bits per heavy atom. The molecule has 0 saturated carbocycles. The molecule has 50 valence electrons. The number of rotatable bonds is 3. The number of carbonyl (C=O) groups excluding carboxylic acids is 1. The number of hydrogen-bond acceptors (Lipinski definition) is 1. The van der Waals surface area contributed by atoms with Crippen LogP contribution < -0.4 is 0 Å². The van der Waals surface area contributed by atoms with Crippen LogP contribution in [0.15, 0.2) is 0 Å². The van der Waals surface area contributed by atoms with E-state index in [4.69, 9.17) is 6.42 Å². The number of carbonyl (C=O) groups is 1. The molecule has 1 heteroatoms. The first kappa shape index (κ1) is 8.23. The lowest BCUT2D eigenvalue weighted by molar-refractivity contribution is -0.115. The maximum absolute atomic E-state index is 10.4. The highest BCUT2D eigenvalue weighted by Crippen LogP contribution is 2.20. The quantitative estimate of drug-likeness (QED) is 0.413. The van der Waals surface area contributed by atoms with E-state index in [1.54, 1.807) is 0 Å². The Bertz CT molecular complexity index is 132. The molecule has 9 heavy (non-hydrogen) atoms. The molecule has 0 bridgehead atoms. The van der Waals surface area contributed by atoms with E-state index >= 15 is 0 Å². The van der Waals surface area contributed by atoms with Crippen molar-refractivity contribution in [3.05, 3.63) is 0 Å². The molecule has 0 aliphatic heterocycles. The molecule has 0 amide bonds. The van der Waals surface area contributed by atoms with E-state index in [0.717, 1.165) is 12.7 Å². The fraction of sp³-hybridized carbons (Fsp3) is 0.625. The molecule has 0 aromatic heterocycles. The van der Waals surface area contributed by atoms with E-state index in [9.17, 15) is 4.79 Å². The Labute approximate surface area is 56.5 Å². The lowest BCUT2D eigenvalue weighted by Gasteiger charge is -2.16. The van der Waals surface area contributed by atoms with Crippen molar-refractivity contribution in [1.82, 2.24) is 0 Å². The van der Waals surface area contributed by atoms with Crippen LogP contribution in [0.1, 0.15) is 26.7 Å². The number of aldehydes is 1. The Morgan fingerprint density at radius 2 is 2.33 bits per heavy atom. The fourth-order valence-corrected chi connectivity index (χ4v) is 0.483. The third kappa shape index (κ3) is 2.32. The van der Waals surface area contributed by atoms with Crippen molar-refractivity contribution >= 4 is 6.29 Å². The van der Waals surface area contributed by atoms with Crippen LogP contribution in [0.3, 0.4) is 0 Å². The van der Waals surface area contributed by atoms with Crippen molar-refractivity contribution in [3.63, 3.8) is 0 Å². The second-order valence-corrected chi connectivity index (χ2v) is 2.51. The summed E-state index contributed by atoms with van der Waals surface area (Å²) in [4.78, 5) is 10.4. The average molecular weight is 124 g/mol. The molecule has 0 saturated heterocycles. The summed E-state index contributed by atoms with van der Waals surface area (Å²) >= 11 is 0. The summed E-state index contributed by atoms with van der Waals surface area (Å²) in [5.41, 5.74) is -0.283. The van der Waals surface area contributed by atoms with Crippen molar-refractivity contribution in [2.45, 2.75) is 26.7 Å². The van der Waals surface area contributed by atoms with Gasteiger partial charge in [-0.2, -0.15) is 0 Å². The molecule has 0 aliphatic carbocycles. The van der Waals surface area contributed by atoms with Gasteiger partial charge in [0.25, 0.3) is 0 Å².